The Morgan fingerprint density at radius 3 is 2.42 bits per heavy atom. The predicted octanol–water partition coefficient (Wildman–Crippen LogP) is 2.84. The first-order valence-corrected chi connectivity index (χ1v) is 11.5. The van der Waals surface area contributed by atoms with E-state index < -0.39 is 0 Å². The summed E-state index contributed by atoms with van der Waals surface area (Å²) in [5.74, 6) is 1.22. The molecule has 1 aliphatic carbocycles. The Morgan fingerprint density at radius 1 is 1.13 bits per heavy atom. The molecule has 3 heterocycles. The van der Waals surface area contributed by atoms with Gasteiger partial charge in [0.05, 0.1) is 19.4 Å². The number of benzene rings is 1. The minimum Gasteiger partial charge on any atom is -0.378 e. The van der Waals surface area contributed by atoms with Crippen molar-refractivity contribution in [1.29, 1.82) is 0 Å². The van der Waals surface area contributed by atoms with E-state index in [4.69, 9.17) is 4.74 Å². The normalized spacial score (nSPS) is 26.0. The predicted molar refractivity (Wildman–Crippen MR) is 120 cm³/mol. The van der Waals surface area contributed by atoms with Crippen LogP contribution in [0.25, 0.3) is 0 Å². The Bertz CT molecular complexity index is 891. The number of morpholine rings is 1. The fourth-order valence-electron chi connectivity index (χ4n) is 5.50. The molecule has 3 aliphatic rings. The van der Waals surface area contributed by atoms with E-state index in [1.165, 1.54) is 28.8 Å². The number of nitrogens with zero attached hydrogens (tertiary/aromatic N) is 5. The van der Waals surface area contributed by atoms with Gasteiger partial charge in [0.1, 0.15) is 0 Å². The number of aromatic nitrogens is 2. The van der Waals surface area contributed by atoms with Crippen LogP contribution in [0, 0.1) is 18.8 Å². The summed E-state index contributed by atoms with van der Waals surface area (Å²) in [5, 5.41) is 4.19. The molecule has 7 nitrogen and oxygen atoms in total. The van der Waals surface area contributed by atoms with Crippen molar-refractivity contribution >= 4 is 11.7 Å². The summed E-state index contributed by atoms with van der Waals surface area (Å²) < 4.78 is 6.94. The zero-order chi connectivity index (χ0) is 21.4. The van der Waals surface area contributed by atoms with Crippen molar-refractivity contribution in [2.24, 2.45) is 11.8 Å². The largest absolute Gasteiger partial charge is 0.378 e. The number of anilines is 1. The molecule has 31 heavy (non-hydrogen) atoms. The molecule has 1 saturated carbocycles. The fourth-order valence-corrected chi connectivity index (χ4v) is 5.50. The van der Waals surface area contributed by atoms with Gasteiger partial charge in [0, 0.05) is 50.6 Å². The quantitative estimate of drug-likeness (QED) is 0.757. The minimum atomic E-state index is 0.0211. The third-order valence-corrected chi connectivity index (χ3v) is 7.27. The summed E-state index contributed by atoms with van der Waals surface area (Å²) in [6, 6.07) is 9.65. The second-order valence-electron chi connectivity index (χ2n) is 9.48. The third kappa shape index (κ3) is 4.34. The Kier molecular flexibility index (Phi) is 5.71. The number of ether oxygens (including phenoxy) is 1. The molecule has 0 bridgehead atoms. The van der Waals surface area contributed by atoms with Crippen molar-refractivity contribution in [3.05, 3.63) is 47.8 Å². The summed E-state index contributed by atoms with van der Waals surface area (Å²) in [6.45, 7) is 8.25. The van der Waals surface area contributed by atoms with E-state index in [0.29, 0.717) is 17.9 Å². The number of hydrogen-bond donors (Lipinski definition) is 0. The molecule has 2 aromatic rings. The van der Waals surface area contributed by atoms with Crippen LogP contribution in [-0.4, -0.2) is 78.1 Å². The average molecular weight is 424 g/mol. The highest BCUT2D eigenvalue weighted by molar-refractivity contribution is 5.76. The van der Waals surface area contributed by atoms with Crippen molar-refractivity contribution in [3.8, 4) is 0 Å². The van der Waals surface area contributed by atoms with E-state index in [0.717, 1.165) is 51.5 Å². The van der Waals surface area contributed by atoms with Gasteiger partial charge in [-0.05, 0) is 61.9 Å². The molecule has 1 amide bonds. The number of amides is 1. The van der Waals surface area contributed by atoms with Gasteiger partial charge in [-0.15, -0.1) is 0 Å². The van der Waals surface area contributed by atoms with Crippen molar-refractivity contribution in [2.45, 2.75) is 32.4 Å². The molecule has 0 N–H and O–H groups in total. The van der Waals surface area contributed by atoms with E-state index in [1.54, 1.807) is 6.20 Å². The summed E-state index contributed by atoms with van der Waals surface area (Å²) in [5.41, 5.74) is 3.68. The maximum Gasteiger partial charge on any atom is 0.344 e. The van der Waals surface area contributed by atoms with Gasteiger partial charge in [-0.1, -0.05) is 12.1 Å². The lowest BCUT2D eigenvalue weighted by Gasteiger charge is -2.29. The molecule has 166 valence electrons. The smallest absolute Gasteiger partial charge is 0.344 e. The van der Waals surface area contributed by atoms with E-state index in [2.05, 4.69) is 46.2 Å². The van der Waals surface area contributed by atoms with Crippen LogP contribution >= 0.6 is 0 Å². The lowest BCUT2D eigenvalue weighted by atomic mass is 10.0. The summed E-state index contributed by atoms with van der Waals surface area (Å²) >= 11 is 0. The van der Waals surface area contributed by atoms with Gasteiger partial charge >= 0.3 is 6.03 Å². The van der Waals surface area contributed by atoms with Crippen LogP contribution in [0.2, 0.25) is 0 Å². The highest BCUT2D eigenvalue weighted by Crippen LogP contribution is 2.40. The first-order valence-electron chi connectivity index (χ1n) is 11.5. The van der Waals surface area contributed by atoms with Crippen LogP contribution in [0.15, 0.2) is 36.7 Å². The molecule has 0 radical (unpaired) electrons. The van der Waals surface area contributed by atoms with E-state index in [1.807, 2.05) is 18.0 Å². The second-order valence-corrected chi connectivity index (χ2v) is 9.48. The van der Waals surface area contributed by atoms with Crippen LogP contribution in [0.3, 0.4) is 0 Å². The van der Waals surface area contributed by atoms with E-state index in [-0.39, 0.29) is 6.03 Å². The average Bonchev–Trinajstić information content (AvgIpc) is 3.49. The first kappa shape index (κ1) is 20.5. The first-order chi connectivity index (χ1) is 15.1. The molecule has 2 saturated heterocycles. The zero-order valence-corrected chi connectivity index (χ0v) is 18.6. The monoisotopic (exact) mass is 423 g/mol. The van der Waals surface area contributed by atoms with Crippen LogP contribution in [0.4, 0.5) is 10.5 Å². The molecule has 1 aromatic heterocycles. The summed E-state index contributed by atoms with van der Waals surface area (Å²) in [4.78, 5) is 19.6. The summed E-state index contributed by atoms with van der Waals surface area (Å²) in [7, 11) is 2.25. The number of rotatable bonds is 4. The number of aryl methyl sites for hydroxylation is 1. The topological polar surface area (TPSA) is 53.8 Å². The van der Waals surface area contributed by atoms with Gasteiger partial charge in [-0.2, -0.15) is 9.78 Å². The number of likely N-dealkylation sites (tertiary alicyclic amines) is 1. The number of carbonyl (C=O) groups is 1. The molecule has 1 unspecified atom stereocenters. The number of carbonyl (C=O) groups excluding carboxylic acids is 1. The van der Waals surface area contributed by atoms with E-state index in [9.17, 15) is 4.79 Å². The maximum atomic E-state index is 12.7. The van der Waals surface area contributed by atoms with Crippen molar-refractivity contribution < 1.29 is 9.53 Å². The standard InChI is InChI=1S/C24H33N5O2/c1-18-13-25-29(14-18)24(30)28-16-20-11-23(12-21(20)17-28)26(2)15-19-3-5-22(6-4-19)27-7-9-31-10-8-27/h3-6,13-14,20-21,23H,7-12,15-17H2,1-2H3/t20-,21+,23?. The van der Waals surface area contributed by atoms with Crippen LogP contribution in [0.5, 0.6) is 0 Å². The number of fused-ring (bicyclic) bond motifs is 1. The highest BCUT2D eigenvalue weighted by atomic mass is 16.5. The molecule has 1 aromatic carbocycles. The van der Waals surface area contributed by atoms with Gasteiger partial charge in [0.25, 0.3) is 0 Å². The van der Waals surface area contributed by atoms with Crippen LogP contribution < -0.4 is 4.90 Å². The Balaban J connectivity index is 1.13. The lowest BCUT2D eigenvalue weighted by molar-refractivity contribution is 0.122. The molecular weight excluding hydrogens is 390 g/mol. The minimum absolute atomic E-state index is 0.0211. The second kappa shape index (κ2) is 8.63. The van der Waals surface area contributed by atoms with Crippen molar-refractivity contribution in [1.82, 2.24) is 19.6 Å². The molecular formula is C24H33N5O2. The van der Waals surface area contributed by atoms with Gasteiger partial charge in [0.2, 0.25) is 0 Å². The molecule has 5 rings (SSSR count). The Morgan fingerprint density at radius 2 is 1.81 bits per heavy atom. The maximum absolute atomic E-state index is 12.7. The molecule has 0 spiro atoms. The fraction of sp³-hybridized carbons (Fsp3) is 0.583. The Hall–Kier alpha value is -2.38. The van der Waals surface area contributed by atoms with Gasteiger partial charge in [-0.3, -0.25) is 4.90 Å². The highest BCUT2D eigenvalue weighted by Gasteiger charge is 2.43. The van der Waals surface area contributed by atoms with Crippen molar-refractivity contribution in [3.63, 3.8) is 0 Å². The third-order valence-electron chi connectivity index (χ3n) is 7.27. The molecule has 7 heteroatoms. The SMILES string of the molecule is Cc1cnn(C(=O)N2C[C@H]3CC(N(C)Cc4ccc(N5CCOCC5)cc4)C[C@H]3C2)c1. The van der Waals surface area contributed by atoms with Gasteiger partial charge in [-0.25, -0.2) is 4.79 Å². The molecule has 3 fully saturated rings. The van der Waals surface area contributed by atoms with Crippen molar-refractivity contribution in [2.75, 3.05) is 51.3 Å². The van der Waals surface area contributed by atoms with Crippen LogP contribution in [0.1, 0.15) is 24.0 Å². The summed E-state index contributed by atoms with van der Waals surface area (Å²) in [6.07, 6.45) is 5.91. The van der Waals surface area contributed by atoms with Gasteiger partial charge in [0.15, 0.2) is 0 Å². The number of hydrogen-bond acceptors (Lipinski definition) is 5. The zero-order valence-electron chi connectivity index (χ0n) is 18.6. The lowest BCUT2D eigenvalue weighted by Crippen LogP contribution is -2.36. The molecule has 3 atom stereocenters. The van der Waals surface area contributed by atoms with Crippen LogP contribution in [-0.2, 0) is 11.3 Å². The van der Waals surface area contributed by atoms with E-state index >= 15 is 0 Å². The Labute approximate surface area is 184 Å². The van der Waals surface area contributed by atoms with Gasteiger partial charge < -0.3 is 14.5 Å². The molecule has 2 aliphatic heterocycles.